The number of hydrogen-bond acceptors (Lipinski definition) is 0. The predicted molar refractivity (Wildman–Crippen MR) is 82.7 cm³/mol. The molecule has 0 aromatic heterocycles. The first-order valence-corrected chi connectivity index (χ1v) is 6.57. The average Bonchev–Trinajstić information content (AvgIpc) is 3.07. The van der Waals surface area contributed by atoms with E-state index in [9.17, 15) is 0 Å². The molecule has 0 nitrogen and oxygen atoms in total. The smallest absolute Gasteiger partial charge is 0 e. The molecule has 0 aliphatic heterocycles. The Morgan fingerprint density at radius 3 is 0.667 bits per heavy atom. The largest absolute Gasteiger partial charge is 0.0585 e. The van der Waals surface area contributed by atoms with Gasteiger partial charge < -0.3 is 0 Å². The van der Waals surface area contributed by atoms with E-state index in [1.807, 2.05) is 64.2 Å². The van der Waals surface area contributed by atoms with Crippen LogP contribution in [0, 0.1) is 101 Å². The molecule has 3 saturated carbocycles. The molecule has 3 aliphatic carbocycles. The van der Waals surface area contributed by atoms with Crippen LogP contribution in [0.2, 0.25) is 0 Å². The molecule has 3 fully saturated rings. The zero-order valence-electron chi connectivity index (χ0n) is 12.9. The third-order valence-electron chi connectivity index (χ3n) is 2.48. The van der Waals surface area contributed by atoms with Gasteiger partial charge in [-0.1, -0.05) is 20.8 Å². The van der Waals surface area contributed by atoms with Crippen molar-refractivity contribution in [3.63, 3.8) is 0 Å². The van der Waals surface area contributed by atoms with E-state index in [0.717, 1.165) is 0 Å². The Kier molecular flexibility index (Phi) is 18.7. The van der Waals surface area contributed by atoms with E-state index in [2.05, 4.69) is 40.0 Å². The fraction of sp³-hybridized carbons (Fsp3) is 0.158. The first-order valence-electron chi connectivity index (χ1n) is 6.57. The van der Waals surface area contributed by atoms with Crippen LogP contribution in [0.5, 0.6) is 0 Å². The minimum absolute atomic E-state index is 0. The van der Waals surface area contributed by atoms with E-state index in [1.54, 1.807) is 0 Å². The number of hydrogen-bond donors (Lipinski definition) is 0. The van der Waals surface area contributed by atoms with Crippen molar-refractivity contribution >= 4 is 0 Å². The number of rotatable bonds is 0. The van der Waals surface area contributed by atoms with Crippen LogP contribution in [0.3, 0.4) is 0 Å². The second kappa shape index (κ2) is 16.0. The van der Waals surface area contributed by atoms with Crippen LogP contribution in [-0.4, -0.2) is 0 Å². The van der Waals surface area contributed by atoms with Gasteiger partial charge in [-0.3, -0.25) is 0 Å². The van der Waals surface area contributed by atoms with E-state index in [4.69, 9.17) is 0 Å². The summed E-state index contributed by atoms with van der Waals surface area (Å²) in [6.45, 7) is 6.38. The van der Waals surface area contributed by atoms with Crippen LogP contribution >= 0.6 is 0 Å². The molecule has 0 bridgehead atoms. The maximum Gasteiger partial charge on any atom is 0 e. The van der Waals surface area contributed by atoms with Crippen molar-refractivity contribution in [2.75, 3.05) is 0 Å². The third kappa shape index (κ3) is 14.5. The summed E-state index contributed by atoms with van der Waals surface area (Å²) < 4.78 is 0. The van der Waals surface area contributed by atoms with Gasteiger partial charge in [-0.25, -0.2) is 0 Å². The van der Waals surface area contributed by atoms with Crippen molar-refractivity contribution in [3.05, 3.63) is 101 Å². The molecule has 0 unspecified atom stereocenters. The fourth-order valence-corrected chi connectivity index (χ4v) is 1.84. The Hall–Kier alpha value is 1.17. The molecule has 0 N–H and O–H groups in total. The standard InChI is InChI=1S/C9H12.2C5H5.2V/c1-7-4-8(2)6-9(3)5-7;2*1-2-4-5-3-1;;/h4-6H,1-3H3;2*1-5H;;. The van der Waals surface area contributed by atoms with Crippen LogP contribution in [0.1, 0.15) is 20.8 Å². The SMILES string of the molecule is C[C]1[CH][C](C)[CH][C](C)[CH]1.[CH]1[CH][CH][CH][CH]1.[CH]1[CH][CH][CH][CH]1.[V].[V]. The van der Waals surface area contributed by atoms with Crippen LogP contribution in [0.15, 0.2) is 0 Å². The summed E-state index contributed by atoms with van der Waals surface area (Å²) >= 11 is 0. The van der Waals surface area contributed by atoms with Crippen LogP contribution in [0.4, 0.5) is 0 Å². The normalized spacial score (nSPS) is 23.0. The van der Waals surface area contributed by atoms with Gasteiger partial charge in [0.1, 0.15) is 0 Å². The zero-order valence-corrected chi connectivity index (χ0v) is 15.7. The molecule has 18 radical (unpaired) electrons. The van der Waals surface area contributed by atoms with E-state index < -0.39 is 0 Å². The summed E-state index contributed by atoms with van der Waals surface area (Å²) in [5.74, 6) is 4.06. The van der Waals surface area contributed by atoms with E-state index in [0.29, 0.717) is 0 Å². The first-order chi connectivity index (χ1) is 9.18. The molecule has 0 atom stereocenters. The molecule has 0 spiro atoms. The van der Waals surface area contributed by atoms with E-state index in [-0.39, 0.29) is 37.1 Å². The quantitative estimate of drug-likeness (QED) is 0.605. The van der Waals surface area contributed by atoms with Gasteiger partial charge in [-0.05, 0) is 101 Å². The molecule has 3 aliphatic rings. The molecule has 0 aromatic carbocycles. The van der Waals surface area contributed by atoms with Crippen LogP contribution in [0.25, 0.3) is 0 Å². The topological polar surface area (TPSA) is 0 Å². The molecule has 2 heteroatoms. The molecule has 21 heavy (non-hydrogen) atoms. The zero-order chi connectivity index (χ0) is 13.9. The Balaban J connectivity index is 0. The molecule has 108 valence electrons. The van der Waals surface area contributed by atoms with Gasteiger partial charge in [0.25, 0.3) is 0 Å². The van der Waals surface area contributed by atoms with Crippen LogP contribution in [-0.2, 0) is 37.1 Å². The van der Waals surface area contributed by atoms with Gasteiger partial charge in [-0.2, -0.15) is 0 Å². The van der Waals surface area contributed by atoms with E-state index in [1.165, 1.54) is 17.8 Å². The van der Waals surface area contributed by atoms with Gasteiger partial charge >= 0.3 is 0 Å². The Labute approximate surface area is 158 Å². The monoisotopic (exact) mass is 352 g/mol. The predicted octanol–water partition coefficient (Wildman–Crippen LogP) is 4.43. The fourth-order valence-electron chi connectivity index (χ4n) is 1.84. The third-order valence-corrected chi connectivity index (χ3v) is 2.48. The summed E-state index contributed by atoms with van der Waals surface area (Å²) in [7, 11) is 0. The minimum Gasteiger partial charge on any atom is -0.0585 e. The van der Waals surface area contributed by atoms with E-state index >= 15 is 0 Å². The van der Waals surface area contributed by atoms with Gasteiger partial charge in [0, 0.05) is 37.1 Å². The summed E-state index contributed by atoms with van der Waals surface area (Å²) in [5, 5.41) is 0. The molecular weight excluding hydrogens is 330 g/mol. The summed E-state index contributed by atoms with van der Waals surface area (Å²) in [5.41, 5.74) is 0. The van der Waals surface area contributed by atoms with Gasteiger partial charge in [-0.15, -0.1) is 0 Å². The van der Waals surface area contributed by atoms with Crippen molar-refractivity contribution in [3.8, 4) is 0 Å². The summed E-state index contributed by atoms with van der Waals surface area (Å²) in [6, 6.07) is 0. The minimum atomic E-state index is 0. The molecule has 0 aromatic rings. The average molecular weight is 352 g/mol. The van der Waals surface area contributed by atoms with Crippen molar-refractivity contribution in [2.24, 2.45) is 0 Å². The summed E-state index contributed by atoms with van der Waals surface area (Å²) in [4.78, 5) is 0. The Morgan fingerprint density at radius 2 is 0.524 bits per heavy atom. The van der Waals surface area contributed by atoms with Crippen molar-refractivity contribution in [1.29, 1.82) is 0 Å². The van der Waals surface area contributed by atoms with Gasteiger partial charge in [0.05, 0.1) is 0 Å². The maximum atomic E-state index is 2.19. The van der Waals surface area contributed by atoms with Crippen molar-refractivity contribution < 1.29 is 37.1 Å². The van der Waals surface area contributed by atoms with Gasteiger partial charge in [0.2, 0.25) is 0 Å². The first kappa shape index (κ1) is 24.4. The molecule has 0 heterocycles. The van der Waals surface area contributed by atoms with Gasteiger partial charge in [0.15, 0.2) is 0 Å². The second-order valence-electron chi connectivity index (χ2n) is 4.59. The van der Waals surface area contributed by atoms with Crippen LogP contribution < -0.4 is 0 Å². The Bertz CT molecular complexity index is 148. The Morgan fingerprint density at radius 1 is 0.381 bits per heavy atom. The maximum absolute atomic E-state index is 2.19. The second-order valence-corrected chi connectivity index (χ2v) is 4.59. The summed E-state index contributed by atoms with van der Waals surface area (Å²) in [6.07, 6.45) is 26.6. The molecule has 0 saturated heterocycles. The molecular formula is C19H22V2. The van der Waals surface area contributed by atoms with Crippen molar-refractivity contribution in [1.82, 2.24) is 0 Å². The molecule has 3 rings (SSSR count). The molecule has 0 amide bonds. The van der Waals surface area contributed by atoms with Crippen molar-refractivity contribution in [2.45, 2.75) is 20.8 Å².